The maximum Gasteiger partial charge on any atom is 0.238 e. The monoisotopic (exact) mass is 304 g/mol. The highest BCUT2D eigenvalue weighted by atomic mass is 32.2. The minimum atomic E-state index is -3.67. The number of benzene rings is 2. The van der Waals surface area contributed by atoms with E-state index in [4.69, 9.17) is 5.14 Å². The van der Waals surface area contributed by atoms with Crippen LogP contribution in [-0.4, -0.2) is 8.42 Å². The molecule has 4 nitrogen and oxygen atoms in total. The number of hydrogen-bond donors (Lipinski definition) is 2. The van der Waals surface area contributed by atoms with Crippen LogP contribution in [0.4, 0.5) is 5.69 Å². The zero-order chi connectivity index (χ0) is 15.6. The molecule has 0 fully saturated rings. The summed E-state index contributed by atoms with van der Waals surface area (Å²) in [6.45, 7) is 6.07. The third kappa shape index (κ3) is 3.83. The van der Waals surface area contributed by atoms with Gasteiger partial charge in [-0.1, -0.05) is 24.3 Å². The number of rotatable bonds is 4. The van der Waals surface area contributed by atoms with Gasteiger partial charge in [0.15, 0.2) is 0 Å². The molecule has 0 radical (unpaired) electrons. The van der Waals surface area contributed by atoms with Gasteiger partial charge in [-0.15, -0.1) is 0 Å². The van der Waals surface area contributed by atoms with Crippen molar-refractivity contribution in [1.29, 1.82) is 0 Å². The molecule has 0 aliphatic heterocycles. The molecule has 2 aromatic carbocycles. The number of nitrogens with two attached hydrogens (primary N) is 1. The lowest BCUT2D eigenvalue weighted by Crippen LogP contribution is -2.14. The van der Waals surface area contributed by atoms with Gasteiger partial charge >= 0.3 is 0 Å². The van der Waals surface area contributed by atoms with Crippen molar-refractivity contribution in [2.24, 2.45) is 5.14 Å². The molecule has 0 aliphatic rings. The number of aryl methyl sites for hydroxylation is 2. The molecule has 0 aromatic heterocycles. The summed E-state index contributed by atoms with van der Waals surface area (Å²) in [5.41, 5.74) is 4.24. The first-order valence-electron chi connectivity index (χ1n) is 6.74. The van der Waals surface area contributed by atoms with Crippen LogP contribution in [0.5, 0.6) is 0 Å². The summed E-state index contributed by atoms with van der Waals surface area (Å²) in [6, 6.07) is 12.9. The van der Waals surface area contributed by atoms with E-state index in [9.17, 15) is 8.42 Å². The smallest absolute Gasteiger partial charge is 0.238 e. The van der Waals surface area contributed by atoms with Crippen molar-refractivity contribution in [3.05, 3.63) is 59.2 Å². The average molecular weight is 304 g/mol. The van der Waals surface area contributed by atoms with Crippen LogP contribution in [0.2, 0.25) is 0 Å². The molecule has 0 amide bonds. The van der Waals surface area contributed by atoms with Crippen molar-refractivity contribution < 1.29 is 8.42 Å². The minimum Gasteiger partial charge on any atom is -0.378 e. The zero-order valence-corrected chi connectivity index (χ0v) is 13.2. The number of nitrogens with one attached hydrogen (secondary N) is 1. The van der Waals surface area contributed by atoms with Crippen LogP contribution >= 0.6 is 0 Å². The van der Waals surface area contributed by atoms with E-state index < -0.39 is 10.0 Å². The van der Waals surface area contributed by atoms with Crippen LogP contribution in [0, 0.1) is 13.8 Å². The molecule has 2 aromatic rings. The molecule has 0 saturated heterocycles. The van der Waals surface area contributed by atoms with Crippen LogP contribution in [-0.2, 0) is 10.0 Å². The molecule has 112 valence electrons. The topological polar surface area (TPSA) is 72.2 Å². The fourth-order valence-corrected chi connectivity index (χ4v) is 2.74. The summed E-state index contributed by atoms with van der Waals surface area (Å²) >= 11 is 0. The molecule has 2 rings (SSSR count). The summed E-state index contributed by atoms with van der Waals surface area (Å²) in [5.74, 6) is 0. The van der Waals surface area contributed by atoms with Gasteiger partial charge in [-0.05, 0) is 55.7 Å². The Kier molecular flexibility index (Phi) is 4.34. The second-order valence-corrected chi connectivity index (χ2v) is 6.86. The number of hydrogen-bond acceptors (Lipinski definition) is 3. The molecule has 0 saturated carbocycles. The average Bonchev–Trinajstić information content (AvgIpc) is 2.42. The molecule has 0 bridgehead atoms. The SMILES string of the molecule is Cc1ccc(C)c(NC(C)c2cccc(S(N)(=O)=O)c2)c1. The van der Waals surface area contributed by atoms with Gasteiger partial charge in [-0.2, -0.15) is 0 Å². The molecule has 0 heterocycles. The van der Waals surface area contributed by atoms with Crippen LogP contribution in [0.3, 0.4) is 0 Å². The molecular weight excluding hydrogens is 284 g/mol. The first-order chi connectivity index (χ1) is 9.77. The van der Waals surface area contributed by atoms with Crippen molar-refractivity contribution in [1.82, 2.24) is 0 Å². The van der Waals surface area contributed by atoms with E-state index in [0.717, 1.165) is 16.8 Å². The highest BCUT2D eigenvalue weighted by Crippen LogP contribution is 2.24. The summed E-state index contributed by atoms with van der Waals surface area (Å²) in [6.07, 6.45) is 0. The lowest BCUT2D eigenvalue weighted by molar-refractivity contribution is 0.597. The van der Waals surface area contributed by atoms with E-state index >= 15 is 0 Å². The largest absolute Gasteiger partial charge is 0.378 e. The van der Waals surface area contributed by atoms with Crippen molar-refractivity contribution in [3.63, 3.8) is 0 Å². The minimum absolute atomic E-state index is 0.0211. The Morgan fingerprint density at radius 2 is 1.81 bits per heavy atom. The first kappa shape index (κ1) is 15.5. The van der Waals surface area contributed by atoms with E-state index in [-0.39, 0.29) is 10.9 Å². The van der Waals surface area contributed by atoms with Gasteiger partial charge in [-0.25, -0.2) is 13.6 Å². The summed E-state index contributed by atoms with van der Waals surface area (Å²) in [7, 11) is -3.67. The molecule has 1 atom stereocenters. The third-order valence-electron chi connectivity index (χ3n) is 3.45. The molecule has 3 N–H and O–H groups in total. The maximum atomic E-state index is 11.4. The molecular formula is C16H20N2O2S. The van der Waals surface area contributed by atoms with Gasteiger partial charge in [0.1, 0.15) is 0 Å². The fraction of sp³-hybridized carbons (Fsp3) is 0.250. The predicted molar refractivity (Wildman–Crippen MR) is 85.8 cm³/mol. The van der Waals surface area contributed by atoms with Gasteiger partial charge in [0, 0.05) is 11.7 Å². The summed E-state index contributed by atoms with van der Waals surface area (Å²) in [4.78, 5) is 0.134. The Morgan fingerprint density at radius 3 is 2.48 bits per heavy atom. The van der Waals surface area contributed by atoms with Gasteiger partial charge in [-0.3, -0.25) is 0 Å². The normalized spacial score (nSPS) is 13.0. The van der Waals surface area contributed by atoms with Gasteiger partial charge in [0.2, 0.25) is 10.0 Å². The summed E-state index contributed by atoms with van der Waals surface area (Å²) < 4.78 is 22.8. The highest BCUT2D eigenvalue weighted by molar-refractivity contribution is 7.89. The first-order valence-corrected chi connectivity index (χ1v) is 8.28. The Hall–Kier alpha value is -1.85. The Bertz CT molecular complexity index is 755. The van der Waals surface area contributed by atoms with Gasteiger partial charge < -0.3 is 5.32 Å². The second-order valence-electron chi connectivity index (χ2n) is 5.30. The quantitative estimate of drug-likeness (QED) is 0.911. The Balaban J connectivity index is 2.28. The summed E-state index contributed by atoms with van der Waals surface area (Å²) in [5, 5.41) is 8.58. The van der Waals surface area contributed by atoms with Crippen molar-refractivity contribution in [2.45, 2.75) is 31.7 Å². The maximum absolute atomic E-state index is 11.4. The van der Waals surface area contributed by atoms with E-state index in [1.165, 1.54) is 11.6 Å². The lowest BCUT2D eigenvalue weighted by atomic mass is 10.1. The van der Waals surface area contributed by atoms with E-state index in [2.05, 4.69) is 23.5 Å². The fourth-order valence-electron chi connectivity index (χ4n) is 2.17. The van der Waals surface area contributed by atoms with Crippen LogP contribution in [0.1, 0.15) is 29.7 Å². The van der Waals surface area contributed by atoms with Gasteiger partial charge in [0.05, 0.1) is 4.90 Å². The van der Waals surface area contributed by atoms with Crippen LogP contribution in [0.25, 0.3) is 0 Å². The van der Waals surface area contributed by atoms with E-state index in [0.29, 0.717) is 0 Å². The molecule has 1 unspecified atom stereocenters. The molecule has 5 heteroatoms. The Labute approximate surface area is 126 Å². The number of primary sulfonamides is 1. The predicted octanol–water partition coefficient (Wildman–Crippen LogP) is 3.12. The van der Waals surface area contributed by atoms with E-state index in [1.807, 2.05) is 26.8 Å². The van der Waals surface area contributed by atoms with Crippen molar-refractivity contribution in [2.75, 3.05) is 5.32 Å². The number of sulfonamides is 1. The van der Waals surface area contributed by atoms with Crippen LogP contribution < -0.4 is 10.5 Å². The van der Waals surface area contributed by atoms with Crippen molar-refractivity contribution >= 4 is 15.7 Å². The number of anilines is 1. The van der Waals surface area contributed by atoms with E-state index in [1.54, 1.807) is 12.1 Å². The van der Waals surface area contributed by atoms with Crippen LogP contribution in [0.15, 0.2) is 47.4 Å². The van der Waals surface area contributed by atoms with Gasteiger partial charge in [0.25, 0.3) is 0 Å². The highest BCUT2D eigenvalue weighted by Gasteiger charge is 2.12. The second kappa shape index (κ2) is 5.87. The Morgan fingerprint density at radius 1 is 1.10 bits per heavy atom. The lowest BCUT2D eigenvalue weighted by Gasteiger charge is -2.18. The molecule has 21 heavy (non-hydrogen) atoms. The standard InChI is InChI=1S/C16H20N2O2S/c1-11-7-8-12(2)16(9-11)18-13(3)14-5-4-6-15(10-14)21(17,19)20/h4-10,13,18H,1-3H3,(H2,17,19,20). The zero-order valence-electron chi connectivity index (χ0n) is 12.4. The molecule has 0 aliphatic carbocycles. The van der Waals surface area contributed by atoms with Crippen molar-refractivity contribution in [3.8, 4) is 0 Å². The molecule has 0 spiro atoms. The third-order valence-corrected chi connectivity index (χ3v) is 4.36.